The van der Waals surface area contributed by atoms with E-state index in [9.17, 15) is 4.79 Å². The highest BCUT2D eigenvalue weighted by atomic mass is 16.1. The first-order chi connectivity index (χ1) is 9.11. The van der Waals surface area contributed by atoms with Crippen LogP contribution in [-0.2, 0) is 13.1 Å². The summed E-state index contributed by atoms with van der Waals surface area (Å²) in [7, 11) is 0. The summed E-state index contributed by atoms with van der Waals surface area (Å²) in [5.74, 6) is 0.565. The lowest BCUT2D eigenvalue weighted by molar-refractivity contribution is 0.0996. The Labute approximate surface area is 109 Å². The van der Waals surface area contributed by atoms with Crippen molar-refractivity contribution in [3.05, 3.63) is 30.0 Å². The van der Waals surface area contributed by atoms with Gasteiger partial charge in [0, 0.05) is 6.54 Å². The Hall–Kier alpha value is -2.64. The van der Waals surface area contributed by atoms with E-state index in [0.29, 0.717) is 18.1 Å². The highest BCUT2D eigenvalue weighted by molar-refractivity contribution is 5.91. The van der Waals surface area contributed by atoms with Crippen LogP contribution in [0.2, 0.25) is 0 Å². The predicted molar refractivity (Wildman–Crippen MR) is 70.2 cm³/mol. The van der Waals surface area contributed by atoms with Gasteiger partial charge in [0.2, 0.25) is 0 Å². The minimum absolute atomic E-state index is 0.161. The quantitative estimate of drug-likeness (QED) is 0.695. The number of primary amides is 1. The van der Waals surface area contributed by atoms with Crippen molar-refractivity contribution in [3.8, 4) is 0 Å². The minimum Gasteiger partial charge on any atom is -0.396 e. The fraction of sp³-hybridized carbons (Fsp3) is 0.273. The third kappa shape index (κ3) is 2.79. The van der Waals surface area contributed by atoms with E-state index in [2.05, 4.69) is 20.5 Å². The van der Waals surface area contributed by atoms with Crippen LogP contribution in [0, 0.1) is 0 Å². The van der Waals surface area contributed by atoms with Gasteiger partial charge in [-0.1, -0.05) is 0 Å². The summed E-state index contributed by atoms with van der Waals surface area (Å²) in [6.07, 6.45) is 1.65. The SMILES string of the molecule is CCn1cnnc1CNc1nc(C(N)=O)ccc1N. The zero-order valence-electron chi connectivity index (χ0n) is 10.5. The van der Waals surface area contributed by atoms with Gasteiger partial charge in [-0.3, -0.25) is 4.79 Å². The summed E-state index contributed by atoms with van der Waals surface area (Å²) in [6, 6.07) is 3.07. The number of nitrogens with two attached hydrogens (primary N) is 2. The number of carbonyl (C=O) groups is 1. The van der Waals surface area contributed by atoms with Gasteiger partial charge in [0.25, 0.3) is 5.91 Å². The van der Waals surface area contributed by atoms with Crippen LogP contribution < -0.4 is 16.8 Å². The van der Waals surface area contributed by atoms with Crippen LogP contribution in [-0.4, -0.2) is 25.7 Å². The molecule has 0 spiro atoms. The summed E-state index contributed by atoms with van der Waals surface area (Å²) in [5, 5.41) is 10.8. The van der Waals surface area contributed by atoms with Crippen molar-refractivity contribution in [3.63, 3.8) is 0 Å². The van der Waals surface area contributed by atoms with E-state index in [1.165, 1.54) is 6.07 Å². The number of aryl methyl sites for hydroxylation is 1. The molecule has 0 aliphatic heterocycles. The van der Waals surface area contributed by atoms with Gasteiger partial charge in [0.1, 0.15) is 12.0 Å². The van der Waals surface area contributed by atoms with Gasteiger partial charge < -0.3 is 21.4 Å². The molecular weight excluding hydrogens is 246 g/mol. The van der Waals surface area contributed by atoms with E-state index in [-0.39, 0.29) is 5.69 Å². The highest BCUT2D eigenvalue weighted by Crippen LogP contribution is 2.16. The van der Waals surface area contributed by atoms with Gasteiger partial charge >= 0.3 is 0 Å². The van der Waals surface area contributed by atoms with Gasteiger partial charge in [0.05, 0.1) is 12.2 Å². The molecule has 2 aromatic heterocycles. The first kappa shape index (κ1) is 12.8. The van der Waals surface area contributed by atoms with Crippen LogP contribution in [0.25, 0.3) is 0 Å². The van der Waals surface area contributed by atoms with Crippen LogP contribution in [0.15, 0.2) is 18.5 Å². The Bertz CT molecular complexity index is 592. The smallest absolute Gasteiger partial charge is 0.267 e. The molecule has 0 aliphatic carbocycles. The van der Waals surface area contributed by atoms with E-state index < -0.39 is 5.91 Å². The molecule has 0 atom stereocenters. The van der Waals surface area contributed by atoms with Crippen LogP contribution in [0.1, 0.15) is 23.2 Å². The Morgan fingerprint density at radius 2 is 2.26 bits per heavy atom. The molecule has 0 saturated carbocycles. The van der Waals surface area contributed by atoms with Crippen molar-refractivity contribution < 1.29 is 4.79 Å². The van der Waals surface area contributed by atoms with Crippen molar-refractivity contribution in [2.24, 2.45) is 5.73 Å². The molecule has 8 heteroatoms. The number of nitrogens with one attached hydrogen (secondary N) is 1. The molecule has 0 aromatic carbocycles. The number of carbonyl (C=O) groups excluding carboxylic acids is 1. The summed E-state index contributed by atoms with van der Waals surface area (Å²) in [5.41, 5.74) is 11.6. The third-order valence-corrected chi connectivity index (χ3v) is 2.63. The third-order valence-electron chi connectivity index (χ3n) is 2.63. The van der Waals surface area contributed by atoms with Gasteiger partial charge in [-0.25, -0.2) is 4.98 Å². The average molecular weight is 261 g/mol. The van der Waals surface area contributed by atoms with Crippen LogP contribution in [0.5, 0.6) is 0 Å². The fourth-order valence-corrected chi connectivity index (χ4v) is 1.59. The highest BCUT2D eigenvalue weighted by Gasteiger charge is 2.08. The Balaban J connectivity index is 2.15. The molecule has 0 unspecified atom stereocenters. The molecule has 0 saturated heterocycles. The average Bonchev–Trinajstić information content (AvgIpc) is 2.85. The maximum absolute atomic E-state index is 11.1. The van der Waals surface area contributed by atoms with E-state index in [4.69, 9.17) is 11.5 Å². The number of rotatable bonds is 5. The molecule has 2 rings (SSSR count). The number of aromatic nitrogens is 4. The zero-order chi connectivity index (χ0) is 13.8. The number of amides is 1. The largest absolute Gasteiger partial charge is 0.396 e. The maximum Gasteiger partial charge on any atom is 0.267 e. The first-order valence-corrected chi connectivity index (χ1v) is 5.78. The molecule has 100 valence electrons. The summed E-state index contributed by atoms with van der Waals surface area (Å²) in [4.78, 5) is 15.1. The second-order valence-electron chi connectivity index (χ2n) is 3.89. The number of nitrogen functional groups attached to an aromatic ring is 1. The predicted octanol–water partition coefficient (Wildman–Crippen LogP) is -0.0138. The van der Waals surface area contributed by atoms with Gasteiger partial charge in [0.15, 0.2) is 11.6 Å². The van der Waals surface area contributed by atoms with Crippen LogP contribution in [0.3, 0.4) is 0 Å². The lowest BCUT2D eigenvalue weighted by Crippen LogP contribution is -2.16. The van der Waals surface area contributed by atoms with E-state index in [0.717, 1.165) is 12.4 Å². The number of pyridine rings is 1. The van der Waals surface area contributed by atoms with Crippen LogP contribution >= 0.6 is 0 Å². The van der Waals surface area contributed by atoms with Crippen LogP contribution in [0.4, 0.5) is 11.5 Å². The fourth-order valence-electron chi connectivity index (χ4n) is 1.59. The normalized spacial score (nSPS) is 10.4. The van der Waals surface area contributed by atoms with Crippen molar-refractivity contribution >= 4 is 17.4 Å². The van der Waals surface area contributed by atoms with Gasteiger partial charge in [-0.15, -0.1) is 10.2 Å². The Morgan fingerprint density at radius 3 is 2.95 bits per heavy atom. The van der Waals surface area contributed by atoms with Gasteiger partial charge in [-0.2, -0.15) is 0 Å². The number of nitrogens with zero attached hydrogens (tertiary/aromatic N) is 4. The molecule has 2 aromatic rings. The standard InChI is InChI=1S/C11H15N7O/c1-2-18-6-15-17-9(18)5-14-11-7(12)3-4-8(16-11)10(13)19/h3-4,6H,2,5,12H2,1H3,(H2,13,19)(H,14,16). The topological polar surface area (TPSA) is 125 Å². The molecule has 0 aliphatic rings. The molecule has 2 heterocycles. The second-order valence-corrected chi connectivity index (χ2v) is 3.89. The van der Waals surface area contributed by atoms with Crippen molar-refractivity contribution in [2.45, 2.75) is 20.0 Å². The Kier molecular flexibility index (Phi) is 3.60. The van der Waals surface area contributed by atoms with Crippen molar-refractivity contribution in [1.82, 2.24) is 19.7 Å². The minimum atomic E-state index is -0.597. The lowest BCUT2D eigenvalue weighted by Gasteiger charge is -2.09. The molecule has 0 bridgehead atoms. The number of hydrogen-bond acceptors (Lipinski definition) is 6. The van der Waals surface area contributed by atoms with E-state index in [1.54, 1.807) is 12.4 Å². The lowest BCUT2D eigenvalue weighted by atomic mass is 10.3. The second kappa shape index (κ2) is 5.34. The van der Waals surface area contributed by atoms with Gasteiger partial charge in [-0.05, 0) is 19.1 Å². The van der Waals surface area contributed by atoms with E-state index in [1.807, 2.05) is 11.5 Å². The summed E-state index contributed by atoms with van der Waals surface area (Å²) < 4.78 is 1.89. The summed E-state index contributed by atoms with van der Waals surface area (Å²) in [6.45, 7) is 3.18. The monoisotopic (exact) mass is 261 g/mol. The number of hydrogen-bond donors (Lipinski definition) is 3. The molecule has 0 radical (unpaired) electrons. The summed E-state index contributed by atoms with van der Waals surface area (Å²) >= 11 is 0. The van der Waals surface area contributed by atoms with Crippen molar-refractivity contribution in [1.29, 1.82) is 0 Å². The van der Waals surface area contributed by atoms with Crippen molar-refractivity contribution in [2.75, 3.05) is 11.1 Å². The first-order valence-electron chi connectivity index (χ1n) is 5.78. The molecule has 5 N–H and O–H groups in total. The van der Waals surface area contributed by atoms with E-state index >= 15 is 0 Å². The molecule has 19 heavy (non-hydrogen) atoms. The molecular formula is C11H15N7O. The molecule has 0 fully saturated rings. The Morgan fingerprint density at radius 1 is 1.47 bits per heavy atom. The zero-order valence-corrected chi connectivity index (χ0v) is 10.5. The number of anilines is 2. The maximum atomic E-state index is 11.1. The molecule has 1 amide bonds. The molecule has 8 nitrogen and oxygen atoms in total.